The molecule has 100 valence electrons. The molecule has 5 heteroatoms. The molecule has 0 bridgehead atoms. The first-order valence-electron chi connectivity index (χ1n) is 6.82. The molecular weight excluding hydrogens is 240 g/mol. The molecule has 0 aliphatic carbocycles. The number of nitrogens with zero attached hydrogens (tertiary/aromatic N) is 3. The van der Waals surface area contributed by atoms with Gasteiger partial charge < -0.3 is 9.84 Å². The van der Waals surface area contributed by atoms with Gasteiger partial charge in [0.1, 0.15) is 0 Å². The van der Waals surface area contributed by atoms with Gasteiger partial charge in [0.2, 0.25) is 5.89 Å². The van der Waals surface area contributed by atoms with E-state index < -0.39 is 0 Å². The van der Waals surface area contributed by atoms with Gasteiger partial charge in [-0.3, -0.25) is 4.98 Å². The van der Waals surface area contributed by atoms with Crippen LogP contribution in [0.15, 0.2) is 28.9 Å². The highest BCUT2D eigenvalue weighted by molar-refractivity contribution is 5.09. The van der Waals surface area contributed by atoms with Crippen LogP contribution >= 0.6 is 0 Å². The normalized spacial score (nSPS) is 19.5. The van der Waals surface area contributed by atoms with Crippen molar-refractivity contribution in [3.63, 3.8) is 0 Å². The summed E-state index contributed by atoms with van der Waals surface area (Å²) < 4.78 is 5.32. The second kappa shape index (κ2) is 5.93. The van der Waals surface area contributed by atoms with E-state index in [9.17, 15) is 0 Å². The highest BCUT2D eigenvalue weighted by atomic mass is 16.5. The number of hydrogen-bond acceptors (Lipinski definition) is 5. The van der Waals surface area contributed by atoms with E-state index in [-0.39, 0.29) is 0 Å². The Bertz CT molecular complexity index is 505. The van der Waals surface area contributed by atoms with E-state index >= 15 is 0 Å². The molecule has 1 atom stereocenters. The van der Waals surface area contributed by atoms with Crippen molar-refractivity contribution in [3.8, 4) is 0 Å². The molecular formula is C14H18N4O. The van der Waals surface area contributed by atoms with E-state index in [4.69, 9.17) is 4.52 Å². The van der Waals surface area contributed by atoms with E-state index in [1.165, 1.54) is 12.8 Å². The SMILES string of the molecule is c1ccc(Cc2noc(CC3CCCNC3)n2)nc1. The summed E-state index contributed by atoms with van der Waals surface area (Å²) in [7, 11) is 0. The minimum Gasteiger partial charge on any atom is -0.339 e. The van der Waals surface area contributed by atoms with Gasteiger partial charge in [-0.05, 0) is 44.0 Å². The summed E-state index contributed by atoms with van der Waals surface area (Å²) in [4.78, 5) is 8.72. The van der Waals surface area contributed by atoms with Crippen molar-refractivity contribution in [1.82, 2.24) is 20.4 Å². The van der Waals surface area contributed by atoms with Crippen LogP contribution < -0.4 is 5.32 Å². The van der Waals surface area contributed by atoms with E-state index in [1.54, 1.807) is 6.20 Å². The molecule has 1 N–H and O–H groups in total. The first-order valence-corrected chi connectivity index (χ1v) is 6.82. The lowest BCUT2D eigenvalue weighted by Gasteiger charge is -2.20. The maximum atomic E-state index is 5.32. The van der Waals surface area contributed by atoms with Crippen molar-refractivity contribution in [2.45, 2.75) is 25.7 Å². The first kappa shape index (κ1) is 12.3. The predicted molar refractivity (Wildman–Crippen MR) is 70.6 cm³/mol. The fourth-order valence-electron chi connectivity index (χ4n) is 2.45. The number of rotatable bonds is 4. The minimum absolute atomic E-state index is 0.622. The van der Waals surface area contributed by atoms with Gasteiger partial charge in [-0.2, -0.15) is 4.98 Å². The Labute approximate surface area is 112 Å². The standard InChI is InChI=1S/C14H18N4O/c1-2-7-16-12(5-1)9-13-17-14(19-18-13)8-11-4-3-6-15-10-11/h1-2,5,7,11,15H,3-4,6,8-10H2. The Morgan fingerprint density at radius 2 is 2.37 bits per heavy atom. The van der Waals surface area contributed by atoms with Crippen LogP contribution in [0, 0.1) is 5.92 Å². The summed E-state index contributed by atoms with van der Waals surface area (Å²) in [5.74, 6) is 2.09. The molecule has 0 saturated carbocycles. The van der Waals surface area contributed by atoms with Crippen molar-refractivity contribution < 1.29 is 4.52 Å². The maximum absolute atomic E-state index is 5.32. The molecule has 1 fully saturated rings. The molecule has 0 radical (unpaired) electrons. The van der Waals surface area contributed by atoms with Crippen LogP contribution in [0.25, 0.3) is 0 Å². The third kappa shape index (κ3) is 3.38. The molecule has 1 aliphatic rings. The molecule has 1 aliphatic heterocycles. The van der Waals surface area contributed by atoms with Gasteiger partial charge in [0.05, 0.1) is 6.42 Å². The van der Waals surface area contributed by atoms with Gasteiger partial charge in [0, 0.05) is 18.3 Å². The topological polar surface area (TPSA) is 63.8 Å². The summed E-state index contributed by atoms with van der Waals surface area (Å²) in [6.07, 6.45) is 5.77. The highest BCUT2D eigenvalue weighted by Gasteiger charge is 2.17. The van der Waals surface area contributed by atoms with E-state index in [1.807, 2.05) is 18.2 Å². The van der Waals surface area contributed by atoms with Gasteiger partial charge in [-0.1, -0.05) is 11.2 Å². The van der Waals surface area contributed by atoms with Crippen molar-refractivity contribution in [2.75, 3.05) is 13.1 Å². The van der Waals surface area contributed by atoms with E-state index in [0.717, 1.165) is 36.9 Å². The zero-order valence-corrected chi connectivity index (χ0v) is 10.9. The number of aromatic nitrogens is 3. The van der Waals surface area contributed by atoms with Gasteiger partial charge in [0.25, 0.3) is 0 Å². The molecule has 19 heavy (non-hydrogen) atoms. The first-order chi connectivity index (χ1) is 9.40. The zero-order chi connectivity index (χ0) is 12.9. The van der Waals surface area contributed by atoms with E-state index in [2.05, 4.69) is 20.4 Å². The number of hydrogen-bond donors (Lipinski definition) is 1. The molecule has 0 aromatic carbocycles. The lowest BCUT2D eigenvalue weighted by Crippen LogP contribution is -2.30. The number of nitrogens with one attached hydrogen (secondary N) is 1. The zero-order valence-electron chi connectivity index (χ0n) is 10.9. The van der Waals surface area contributed by atoms with Crippen LogP contribution in [0.4, 0.5) is 0 Å². The van der Waals surface area contributed by atoms with Gasteiger partial charge in [-0.15, -0.1) is 0 Å². The fraction of sp³-hybridized carbons (Fsp3) is 0.500. The molecule has 0 amide bonds. The molecule has 2 aromatic heterocycles. The quantitative estimate of drug-likeness (QED) is 0.902. The Hall–Kier alpha value is -1.75. The second-order valence-corrected chi connectivity index (χ2v) is 5.02. The molecule has 1 unspecified atom stereocenters. The van der Waals surface area contributed by atoms with Crippen LogP contribution in [0.3, 0.4) is 0 Å². The van der Waals surface area contributed by atoms with Crippen molar-refractivity contribution in [3.05, 3.63) is 41.8 Å². The molecule has 2 aromatic rings. The summed E-state index contributed by atoms with van der Waals surface area (Å²) in [6, 6.07) is 5.85. The van der Waals surface area contributed by atoms with Gasteiger partial charge in [0.15, 0.2) is 5.82 Å². The van der Waals surface area contributed by atoms with Crippen molar-refractivity contribution >= 4 is 0 Å². The Kier molecular flexibility index (Phi) is 3.83. The van der Waals surface area contributed by atoms with Crippen molar-refractivity contribution in [2.24, 2.45) is 5.92 Å². The predicted octanol–water partition coefficient (Wildman–Crippen LogP) is 1.60. The van der Waals surface area contributed by atoms with Crippen LogP contribution in [0.2, 0.25) is 0 Å². The highest BCUT2D eigenvalue weighted by Crippen LogP contribution is 2.15. The van der Waals surface area contributed by atoms with E-state index in [0.29, 0.717) is 12.3 Å². The van der Waals surface area contributed by atoms with Gasteiger partial charge in [-0.25, -0.2) is 0 Å². The third-order valence-corrected chi connectivity index (χ3v) is 3.44. The average molecular weight is 258 g/mol. The number of piperidine rings is 1. The minimum atomic E-state index is 0.622. The summed E-state index contributed by atoms with van der Waals surface area (Å²) in [5, 5.41) is 7.43. The summed E-state index contributed by atoms with van der Waals surface area (Å²) in [5.41, 5.74) is 0.967. The van der Waals surface area contributed by atoms with Crippen molar-refractivity contribution in [1.29, 1.82) is 0 Å². The Balaban J connectivity index is 1.59. The summed E-state index contributed by atoms with van der Waals surface area (Å²) >= 11 is 0. The lowest BCUT2D eigenvalue weighted by molar-refractivity contribution is 0.314. The fourth-order valence-corrected chi connectivity index (χ4v) is 2.45. The van der Waals surface area contributed by atoms with Crippen LogP contribution in [-0.2, 0) is 12.8 Å². The Morgan fingerprint density at radius 3 is 3.16 bits per heavy atom. The second-order valence-electron chi connectivity index (χ2n) is 5.02. The monoisotopic (exact) mass is 258 g/mol. The summed E-state index contributed by atoms with van der Waals surface area (Å²) in [6.45, 7) is 2.18. The van der Waals surface area contributed by atoms with Crippen LogP contribution in [-0.4, -0.2) is 28.2 Å². The average Bonchev–Trinajstić information content (AvgIpc) is 2.88. The lowest BCUT2D eigenvalue weighted by atomic mass is 9.96. The smallest absolute Gasteiger partial charge is 0.226 e. The van der Waals surface area contributed by atoms with Crippen LogP contribution in [0.5, 0.6) is 0 Å². The largest absolute Gasteiger partial charge is 0.339 e. The molecule has 3 heterocycles. The van der Waals surface area contributed by atoms with Gasteiger partial charge >= 0.3 is 0 Å². The Morgan fingerprint density at radius 1 is 1.37 bits per heavy atom. The molecule has 0 spiro atoms. The van der Waals surface area contributed by atoms with Crippen LogP contribution in [0.1, 0.15) is 30.3 Å². The maximum Gasteiger partial charge on any atom is 0.226 e. The number of pyridine rings is 1. The molecule has 5 nitrogen and oxygen atoms in total. The third-order valence-electron chi connectivity index (χ3n) is 3.44. The molecule has 3 rings (SSSR count). The molecule has 1 saturated heterocycles.